The minimum absolute atomic E-state index is 0.00376. The van der Waals surface area contributed by atoms with Crippen LogP contribution < -0.4 is 5.32 Å². The van der Waals surface area contributed by atoms with E-state index in [1.165, 1.54) is 12.5 Å². The summed E-state index contributed by atoms with van der Waals surface area (Å²) in [6, 6.07) is 8.75. The van der Waals surface area contributed by atoms with Gasteiger partial charge >= 0.3 is 0 Å². The van der Waals surface area contributed by atoms with Gasteiger partial charge in [-0.2, -0.15) is 0 Å². The summed E-state index contributed by atoms with van der Waals surface area (Å²) in [5, 5.41) is 3.52. The molecule has 1 aliphatic rings. The van der Waals surface area contributed by atoms with Crippen molar-refractivity contribution in [2.24, 2.45) is 5.92 Å². The van der Waals surface area contributed by atoms with Crippen molar-refractivity contribution in [2.75, 3.05) is 18.4 Å². The van der Waals surface area contributed by atoms with Crippen LogP contribution in [0, 0.1) is 5.92 Å². The van der Waals surface area contributed by atoms with Gasteiger partial charge in [-0.25, -0.2) is 0 Å². The molecular weight excluding hydrogens is 340 g/mol. The van der Waals surface area contributed by atoms with E-state index in [1.54, 1.807) is 30.3 Å². The molecule has 1 saturated heterocycles. The van der Waals surface area contributed by atoms with E-state index in [0.717, 1.165) is 31.5 Å². The Labute approximate surface area is 151 Å². The van der Waals surface area contributed by atoms with Crippen molar-refractivity contribution in [3.8, 4) is 0 Å². The van der Waals surface area contributed by atoms with Gasteiger partial charge in [0.2, 0.25) is 5.91 Å². The van der Waals surface area contributed by atoms with Crippen LogP contribution in [0.5, 0.6) is 0 Å². The molecule has 5 nitrogen and oxygen atoms in total. The van der Waals surface area contributed by atoms with Crippen LogP contribution in [-0.4, -0.2) is 29.8 Å². The van der Waals surface area contributed by atoms with Crippen molar-refractivity contribution in [1.29, 1.82) is 0 Å². The van der Waals surface area contributed by atoms with E-state index in [-0.39, 0.29) is 11.8 Å². The van der Waals surface area contributed by atoms with Gasteiger partial charge in [-0.15, -0.1) is 0 Å². The number of rotatable bonds is 5. The van der Waals surface area contributed by atoms with Crippen molar-refractivity contribution >= 4 is 29.1 Å². The van der Waals surface area contributed by atoms with E-state index in [1.807, 2.05) is 4.90 Å². The van der Waals surface area contributed by atoms with Crippen LogP contribution in [0.25, 0.3) is 0 Å². The van der Waals surface area contributed by atoms with Crippen LogP contribution in [0.1, 0.15) is 36.0 Å². The first-order valence-electron chi connectivity index (χ1n) is 8.49. The van der Waals surface area contributed by atoms with Crippen molar-refractivity contribution in [2.45, 2.75) is 25.7 Å². The number of hydrogen-bond donors (Lipinski definition) is 1. The Kier molecular flexibility index (Phi) is 5.76. The Hall–Kier alpha value is -2.27. The summed E-state index contributed by atoms with van der Waals surface area (Å²) in [6.45, 7) is 1.45. The molecule has 0 saturated carbocycles. The first kappa shape index (κ1) is 17.5. The van der Waals surface area contributed by atoms with Crippen LogP contribution in [0.4, 0.5) is 5.69 Å². The molecule has 3 rings (SSSR count). The van der Waals surface area contributed by atoms with Crippen molar-refractivity contribution < 1.29 is 14.0 Å². The second kappa shape index (κ2) is 8.21. The summed E-state index contributed by atoms with van der Waals surface area (Å²) in [5.41, 5.74) is 1.33. The van der Waals surface area contributed by atoms with Crippen molar-refractivity contribution in [3.63, 3.8) is 0 Å². The number of nitrogens with one attached hydrogen (secondary N) is 1. The summed E-state index contributed by atoms with van der Waals surface area (Å²) in [6.07, 6.45) is 6.22. The number of anilines is 1. The monoisotopic (exact) mass is 360 g/mol. The lowest BCUT2D eigenvalue weighted by atomic mass is 9.93. The number of furan rings is 1. The van der Waals surface area contributed by atoms with Gasteiger partial charge < -0.3 is 14.6 Å². The molecule has 1 aromatic carbocycles. The average Bonchev–Trinajstić information content (AvgIpc) is 3.16. The van der Waals surface area contributed by atoms with Gasteiger partial charge in [-0.05, 0) is 55.5 Å². The Bertz CT molecular complexity index is 713. The maximum Gasteiger partial charge on any atom is 0.257 e. The van der Waals surface area contributed by atoms with Crippen LogP contribution >= 0.6 is 11.6 Å². The standard InChI is InChI=1S/C19H21ClN2O3/c20-16-4-6-17(7-5-16)21-18(23)8-3-14-2-1-10-22(12-14)19(24)15-9-11-25-13-15/h4-7,9,11,13-14H,1-3,8,10,12H2,(H,21,23). The van der Waals surface area contributed by atoms with E-state index in [9.17, 15) is 9.59 Å². The number of likely N-dealkylation sites (tertiary alicyclic amines) is 1. The number of carbonyl (C=O) groups is 2. The van der Waals surface area contributed by atoms with Crippen molar-refractivity contribution in [1.82, 2.24) is 4.90 Å². The fraction of sp³-hybridized carbons (Fsp3) is 0.368. The average molecular weight is 361 g/mol. The molecule has 6 heteroatoms. The van der Waals surface area contributed by atoms with Crippen LogP contribution in [0.3, 0.4) is 0 Å². The molecule has 2 heterocycles. The fourth-order valence-corrected chi connectivity index (χ4v) is 3.27. The molecule has 1 atom stereocenters. The van der Waals surface area contributed by atoms with Crippen molar-refractivity contribution in [3.05, 3.63) is 53.4 Å². The maximum atomic E-state index is 12.4. The zero-order valence-electron chi connectivity index (χ0n) is 13.9. The van der Waals surface area contributed by atoms with Gasteiger partial charge in [0.25, 0.3) is 5.91 Å². The van der Waals surface area contributed by atoms with Crippen LogP contribution in [0.2, 0.25) is 5.02 Å². The molecule has 1 aromatic heterocycles. The smallest absolute Gasteiger partial charge is 0.257 e. The highest BCUT2D eigenvalue weighted by atomic mass is 35.5. The minimum Gasteiger partial charge on any atom is -0.472 e. The Morgan fingerprint density at radius 2 is 2.04 bits per heavy atom. The summed E-state index contributed by atoms with van der Waals surface area (Å²) in [4.78, 5) is 26.4. The molecule has 2 amide bonds. The second-order valence-electron chi connectivity index (χ2n) is 6.37. The quantitative estimate of drug-likeness (QED) is 0.869. The first-order chi connectivity index (χ1) is 12.1. The van der Waals surface area contributed by atoms with E-state index in [2.05, 4.69) is 5.32 Å². The molecule has 0 radical (unpaired) electrons. The number of piperidine rings is 1. The maximum absolute atomic E-state index is 12.4. The van der Waals surface area contributed by atoms with Gasteiger partial charge in [0.1, 0.15) is 6.26 Å². The summed E-state index contributed by atoms with van der Waals surface area (Å²) < 4.78 is 4.99. The number of amides is 2. The number of nitrogens with zero attached hydrogens (tertiary/aromatic N) is 1. The minimum atomic E-state index is -0.0133. The Morgan fingerprint density at radius 3 is 2.76 bits per heavy atom. The predicted octanol–water partition coefficient (Wildman–Crippen LogP) is 4.20. The largest absolute Gasteiger partial charge is 0.472 e. The number of halogens is 1. The zero-order valence-corrected chi connectivity index (χ0v) is 14.7. The van der Waals surface area contributed by atoms with E-state index < -0.39 is 0 Å². The van der Waals surface area contributed by atoms with E-state index in [0.29, 0.717) is 29.5 Å². The number of carbonyl (C=O) groups excluding carboxylic acids is 2. The molecule has 1 fully saturated rings. The summed E-state index contributed by atoms with van der Waals surface area (Å²) in [5.74, 6) is 0.338. The molecule has 1 N–H and O–H groups in total. The number of benzene rings is 1. The lowest BCUT2D eigenvalue weighted by Gasteiger charge is -2.32. The molecule has 25 heavy (non-hydrogen) atoms. The highest BCUT2D eigenvalue weighted by molar-refractivity contribution is 6.30. The second-order valence-corrected chi connectivity index (χ2v) is 6.80. The van der Waals surface area contributed by atoms with Gasteiger partial charge in [0.05, 0.1) is 11.8 Å². The van der Waals surface area contributed by atoms with Gasteiger partial charge in [0, 0.05) is 30.2 Å². The van der Waals surface area contributed by atoms with Crippen LogP contribution in [0.15, 0.2) is 47.3 Å². The Morgan fingerprint density at radius 1 is 1.24 bits per heavy atom. The third-order valence-corrected chi connectivity index (χ3v) is 4.73. The predicted molar refractivity (Wildman–Crippen MR) is 96.7 cm³/mol. The molecule has 0 bridgehead atoms. The molecular formula is C19H21ClN2O3. The number of hydrogen-bond acceptors (Lipinski definition) is 3. The van der Waals surface area contributed by atoms with Gasteiger partial charge in [-0.3, -0.25) is 9.59 Å². The SMILES string of the molecule is O=C(CCC1CCCN(C(=O)c2ccoc2)C1)Nc1ccc(Cl)cc1. The van der Waals surface area contributed by atoms with Crippen LogP contribution in [-0.2, 0) is 4.79 Å². The third-order valence-electron chi connectivity index (χ3n) is 4.48. The van der Waals surface area contributed by atoms with E-state index >= 15 is 0 Å². The third kappa shape index (κ3) is 4.86. The van der Waals surface area contributed by atoms with Gasteiger partial charge in [0.15, 0.2) is 0 Å². The highest BCUT2D eigenvalue weighted by Gasteiger charge is 2.25. The fourth-order valence-electron chi connectivity index (χ4n) is 3.15. The molecule has 1 unspecified atom stereocenters. The molecule has 132 valence electrons. The summed E-state index contributed by atoms with van der Waals surface area (Å²) in [7, 11) is 0. The Balaban J connectivity index is 1.47. The normalized spacial score (nSPS) is 17.3. The molecule has 2 aromatic rings. The lowest BCUT2D eigenvalue weighted by Crippen LogP contribution is -2.40. The summed E-state index contributed by atoms with van der Waals surface area (Å²) >= 11 is 5.84. The highest BCUT2D eigenvalue weighted by Crippen LogP contribution is 2.23. The lowest BCUT2D eigenvalue weighted by molar-refractivity contribution is -0.116. The molecule has 0 spiro atoms. The molecule has 1 aliphatic heterocycles. The molecule has 0 aliphatic carbocycles. The topological polar surface area (TPSA) is 62.6 Å². The van der Waals surface area contributed by atoms with Gasteiger partial charge in [-0.1, -0.05) is 11.6 Å². The first-order valence-corrected chi connectivity index (χ1v) is 8.86. The van der Waals surface area contributed by atoms with E-state index in [4.69, 9.17) is 16.0 Å². The zero-order chi connectivity index (χ0) is 17.6.